The van der Waals surface area contributed by atoms with Crippen LogP contribution in [0.4, 0.5) is 5.95 Å². The Balaban J connectivity index is 2.36. The molecule has 0 bridgehead atoms. The predicted molar refractivity (Wildman–Crippen MR) is 64.4 cm³/mol. The second-order valence-corrected chi connectivity index (χ2v) is 3.62. The van der Waals surface area contributed by atoms with E-state index in [1.807, 2.05) is 12.1 Å². The van der Waals surface area contributed by atoms with Crippen molar-refractivity contribution in [1.29, 1.82) is 0 Å². The second-order valence-electron chi connectivity index (χ2n) is 3.62. The molecule has 0 aliphatic heterocycles. The van der Waals surface area contributed by atoms with E-state index in [1.165, 1.54) is 0 Å². The van der Waals surface area contributed by atoms with Gasteiger partial charge in [0.15, 0.2) is 0 Å². The minimum atomic E-state index is -0.275. The Morgan fingerprint density at radius 2 is 2.24 bits per heavy atom. The van der Waals surface area contributed by atoms with Crippen LogP contribution in [0.5, 0.6) is 0 Å². The van der Waals surface area contributed by atoms with Gasteiger partial charge in [-0.3, -0.25) is 14.8 Å². The summed E-state index contributed by atoms with van der Waals surface area (Å²) in [6.07, 6.45) is 5.12. The van der Waals surface area contributed by atoms with Crippen molar-refractivity contribution in [3.8, 4) is 11.1 Å². The van der Waals surface area contributed by atoms with Crippen molar-refractivity contribution in [3.05, 3.63) is 41.1 Å². The monoisotopic (exact) mass is 227 g/mol. The van der Waals surface area contributed by atoms with Gasteiger partial charge in [0.1, 0.15) is 11.0 Å². The molecule has 0 radical (unpaired) electrons. The van der Waals surface area contributed by atoms with Crippen LogP contribution >= 0.6 is 0 Å². The summed E-state index contributed by atoms with van der Waals surface area (Å²) in [6, 6.07) is 3.72. The van der Waals surface area contributed by atoms with E-state index in [9.17, 15) is 4.79 Å². The lowest BCUT2D eigenvalue weighted by Gasteiger charge is -1.98. The molecule has 0 spiro atoms. The van der Waals surface area contributed by atoms with E-state index in [4.69, 9.17) is 5.73 Å². The van der Waals surface area contributed by atoms with Crippen LogP contribution in [0.25, 0.3) is 22.2 Å². The average Bonchev–Trinajstić information content (AvgIpc) is 2.74. The Hall–Kier alpha value is -2.63. The lowest BCUT2D eigenvalue weighted by atomic mass is 10.1. The molecule has 0 fully saturated rings. The predicted octanol–water partition coefficient (Wildman–Crippen LogP) is 0.895. The summed E-state index contributed by atoms with van der Waals surface area (Å²) in [7, 11) is 0. The molecule has 3 aromatic rings. The Labute approximate surface area is 95.5 Å². The Morgan fingerprint density at radius 1 is 1.35 bits per heavy atom. The highest BCUT2D eigenvalue weighted by Crippen LogP contribution is 2.24. The number of nitrogen functional groups attached to an aromatic ring is 1. The fourth-order valence-electron chi connectivity index (χ4n) is 1.77. The van der Waals surface area contributed by atoms with Crippen molar-refractivity contribution in [2.24, 2.45) is 0 Å². The topological polar surface area (TPSA) is 100 Å². The lowest BCUT2D eigenvalue weighted by molar-refractivity contribution is 1.18. The Morgan fingerprint density at radius 3 is 3.00 bits per heavy atom. The maximum atomic E-state index is 11.6. The highest BCUT2D eigenvalue weighted by Gasteiger charge is 2.10. The number of nitrogens with one attached hydrogen (secondary N) is 2. The number of hydrogen-bond acceptors (Lipinski definition) is 4. The molecule has 3 heterocycles. The van der Waals surface area contributed by atoms with Gasteiger partial charge in [-0.2, -0.15) is 0 Å². The molecule has 0 atom stereocenters. The molecule has 0 aliphatic rings. The third kappa shape index (κ3) is 1.46. The molecule has 0 saturated carbocycles. The van der Waals surface area contributed by atoms with Gasteiger partial charge in [-0.1, -0.05) is 6.07 Å². The van der Waals surface area contributed by atoms with Crippen molar-refractivity contribution in [2.45, 2.75) is 0 Å². The largest absolute Gasteiger partial charge is 0.369 e. The van der Waals surface area contributed by atoms with Crippen LogP contribution in [-0.4, -0.2) is 19.9 Å². The number of hydrogen-bond donors (Lipinski definition) is 3. The molecule has 6 heteroatoms. The minimum Gasteiger partial charge on any atom is -0.369 e. The van der Waals surface area contributed by atoms with Crippen molar-refractivity contribution in [2.75, 3.05) is 5.73 Å². The highest BCUT2D eigenvalue weighted by atomic mass is 16.1. The van der Waals surface area contributed by atoms with E-state index < -0.39 is 0 Å². The molecule has 0 amide bonds. The smallest absolute Gasteiger partial charge is 0.276 e. The maximum absolute atomic E-state index is 11.6. The molecule has 4 N–H and O–H groups in total. The molecule has 84 valence electrons. The fourth-order valence-corrected chi connectivity index (χ4v) is 1.77. The number of rotatable bonds is 1. The van der Waals surface area contributed by atoms with Crippen LogP contribution in [0.3, 0.4) is 0 Å². The van der Waals surface area contributed by atoms with Crippen molar-refractivity contribution < 1.29 is 0 Å². The second kappa shape index (κ2) is 3.44. The van der Waals surface area contributed by atoms with Crippen LogP contribution in [-0.2, 0) is 0 Å². The summed E-state index contributed by atoms with van der Waals surface area (Å²) in [5.74, 6) is 0.104. The molecule has 0 aromatic carbocycles. The number of pyridine rings is 1. The first-order valence-electron chi connectivity index (χ1n) is 5.03. The molecule has 0 saturated heterocycles. The van der Waals surface area contributed by atoms with E-state index in [0.717, 1.165) is 11.1 Å². The number of aromatic amines is 2. The normalized spacial score (nSPS) is 10.8. The van der Waals surface area contributed by atoms with Crippen molar-refractivity contribution in [3.63, 3.8) is 0 Å². The van der Waals surface area contributed by atoms with Gasteiger partial charge in [0.25, 0.3) is 5.56 Å². The van der Waals surface area contributed by atoms with Gasteiger partial charge in [0, 0.05) is 29.7 Å². The summed E-state index contributed by atoms with van der Waals surface area (Å²) in [5.41, 5.74) is 7.93. The van der Waals surface area contributed by atoms with Gasteiger partial charge in [-0.05, 0) is 6.07 Å². The SMILES string of the molecule is Nc1nc2c(-c3cccnc3)c[nH]c2c(=O)[nH]1. The van der Waals surface area contributed by atoms with E-state index in [1.54, 1.807) is 18.6 Å². The molecule has 6 nitrogen and oxygen atoms in total. The number of fused-ring (bicyclic) bond motifs is 1. The van der Waals surface area contributed by atoms with Gasteiger partial charge in [-0.15, -0.1) is 0 Å². The first kappa shape index (κ1) is 9.59. The van der Waals surface area contributed by atoms with Crippen LogP contribution in [0, 0.1) is 0 Å². The Kier molecular flexibility index (Phi) is 1.94. The number of aromatic nitrogens is 4. The molecular formula is C11H9N5O. The summed E-state index contributed by atoms with van der Waals surface area (Å²) >= 11 is 0. The third-order valence-corrected chi connectivity index (χ3v) is 2.53. The zero-order valence-corrected chi connectivity index (χ0v) is 8.77. The molecular weight excluding hydrogens is 218 g/mol. The van der Waals surface area contributed by atoms with Crippen LogP contribution < -0.4 is 11.3 Å². The molecule has 0 unspecified atom stereocenters. The van der Waals surface area contributed by atoms with Crippen molar-refractivity contribution in [1.82, 2.24) is 19.9 Å². The van der Waals surface area contributed by atoms with E-state index in [0.29, 0.717) is 11.0 Å². The first-order chi connectivity index (χ1) is 8.25. The first-order valence-corrected chi connectivity index (χ1v) is 5.03. The summed E-state index contributed by atoms with van der Waals surface area (Å²) in [5, 5.41) is 0. The minimum absolute atomic E-state index is 0.104. The fraction of sp³-hybridized carbons (Fsp3) is 0. The van der Waals surface area contributed by atoms with Gasteiger partial charge >= 0.3 is 0 Å². The van der Waals surface area contributed by atoms with Gasteiger partial charge in [-0.25, -0.2) is 4.98 Å². The summed E-state index contributed by atoms with van der Waals surface area (Å²) in [4.78, 5) is 25.1. The standard InChI is InChI=1S/C11H9N5O/c12-11-15-8-7(6-2-1-3-13-4-6)5-14-9(8)10(17)16-11/h1-5,14H,(H3,12,15,16,17). The number of nitrogens with zero attached hydrogens (tertiary/aromatic N) is 2. The van der Waals surface area contributed by atoms with Crippen LogP contribution in [0.1, 0.15) is 0 Å². The van der Waals surface area contributed by atoms with Gasteiger partial charge in [0.2, 0.25) is 5.95 Å². The van der Waals surface area contributed by atoms with Crippen molar-refractivity contribution >= 4 is 17.0 Å². The summed E-state index contributed by atoms with van der Waals surface area (Å²) < 4.78 is 0. The average molecular weight is 227 g/mol. The van der Waals surface area contributed by atoms with Crippen LogP contribution in [0.2, 0.25) is 0 Å². The van der Waals surface area contributed by atoms with E-state index in [-0.39, 0.29) is 11.5 Å². The zero-order valence-electron chi connectivity index (χ0n) is 8.77. The lowest BCUT2D eigenvalue weighted by Crippen LogP contribution is -2.10. The molecule has 3 rings (SSSR count). The number of H-pyrrole nitrogens is 2. The number of nitrogens with two attached hydrogens (primary N) is 1. The zero-order chi connectivity index (χ0) is 11.8. The quantitative estimate of drug-likeness (QED) is 0.574. The highest BCUT2D eigenvalue weighted by molar-refractivity contribution is 5.92. The van der Waals surface area contributed by atoms with Crippen LogP contribution in [0.15, 0.2) is 35.5 Å². The molecule has 3 aromatic heterocycles. The maximum Gasteiger partial charge on any atom is 0.276 e. The van der Waals surface area contributed by atoms with E-state index >= 15 is 0 Å². The third-order valence-electron chi connectivity index (χ3n) is 2.53. The van der Waals surface area contributed by atoms with E-state index in [2.05, 4.69) is 19.9 Å². The number of anilines is 1. The van der Waals surface area contributed by atoms with Gasteiger partial charge < -0.3 is 10.7 Å². The molecule has 17 heavy (non-hydrogen) atoms. The molecule has 0 aliphatic carbocycles. The Bertz CT molecular complexity index is 728. The summed E-state index contributed by atoms with van der Waals surface area (Å²) in [6.45, 7) is 0. The van der Waals surface area contributed by atoms with Gasteiger partial charge in [0.05, 0.1) is 0 Å².